The Hall–Kier alpha value is -2.34. The fourth-order valence-electron chi connectivity index (χ4n) is 2.06. The van der Waals surface area contributed by atoms with E-state index in [1.54, 1.807) is 6.20 Å². The maximum Gasteiger partial charge on any atom is 0.175 e. The zero-order valence-electron chi connectivity index (χ0n) is 12.3. The third kappa shape index (κ3) is 3.61. The van der Waals surface area contributed by atoms with Crippen molar-refractivity contribution in [2.45, 2.75) is 6.42 Å². The van der Waals surface area contributed by atoms with Crippen LogP contribution in [0.5, 0.6) is 5.75 Å². The molecule has 0 radical (unpaired) electrons. The van der Waals surface area contributed by atoms with Gasteiger partial charge in [-0.25, -0.2) is 0 Å². The Morgan fingerprint density at radius 1 is 1.38 bits per heavy atom. The molecule has 1 heterocycles. The predicted octanol–water partition coefficient (Wildman–Crippen LogP) is 1.66. The molecule has 0 spiro atoms. The highest BCUT2D eigenvalue weighted by Gasteiger charge is 2.13. The lowest BCUT2D eigenvalue weighted by Crippen LogP contribution is -2.18. The molecule has 2 rings (SSSR count). The average molecular weight is 288 g/mol. The number of ether oxygens (including phenoxy) is 1. The van der Waals surface area contributed by atoms with Gasteiger partial charge < -0.3 is 20.6 Å². The highest BCUT2D eigenvalue weighted by molar-refractivity contribution is 6.04. The fourth-order valence-corrected chi connectivity index (χ4v) is 2.06. The van der Waals surface area contributed by atoms with Crippen LogP contribution in [0.25, 0.3) is 10.9 Å². The van der Waals surface area contributed by atoms with Gasteiger partial charge in [0.15, 0.2) is 5.84 Å². The zero-order valence-corrected chi connectivity index (χ0v) is 12.3. The first-order valence-electron chi connectivity index (χ1n) is 6.76. The van der Waals surface area contributed by atoms with Crippen LogP contribution in [0.4, 0.5) is 0 Å². The third-order valence-electron chi connectivity index (χ3n) is 3.11. The summed E-state index contributed by atoms with van der Waals surface area (Å²) in [5.74, 6) is 0.602. The van der Waals surface area contributed by atoms with E-state index in [0.29, 0.717) is 17.9 Å². The van der Waals surface area contributed by atoms with E-state index in [-0.39, 0.29) is 5.84 Å². The molecule has 3 N–H and O–H groups in total. The quantitative estimate of drug-likeness (QED) is 0.278. The summed E-state index contributed by atoms with van der Waals surface area (Å²) in [5.41, 5.74) is 7.03. The van der Waals surface area contributed by atoms with Crippen molar-refractivity contribution >= 4 is 16.7 Å². The molecule has 21 heavy (non-hydrogen) atoms. The molecule has 6 nitrogen and oxygen atoms in total. The molecule has 0 saturated heterocycles. The van der Waals surface area contributed by atoms with Crippen LogP contribution in [0.1, 0.15) is 12.0 Å². The van der Waals surface area contributed by atoms with Gasteiger partial charge in [0.1, 0.15) is 5.75 Å². The Morgan fingerprint density at radius 2 is 2.14 bits per heavy atom. The van der Waals surface area contributed by atoms with E-state index < -0.39 is 0 Å². The molecule has 0 aliphatic carbocycles. The Bertz CT molecular complexity index is 641. The van der Waals surface area contributed by atoms with Crippen molar-refractivity contribution in [2.75, 3.05) is 27.2 Å². The number of pyridine rings is 1. The normalized spacial score (nSPS) is 12.0. The van der Waals surface area contributed by atoms with Gasteiger partial charge in [-0.2, -0.15) is 0 Å². The van der Waals surface area contributed by atoms with Crippen LogP contribution < -0.4 is 10.5 Å². The Kier molecular flexibility index (Phi) is 4.94. The Morgan fingerprint density at radius 3 is 2.86 bits per heavy atom. The molecule has 1 aromatic heterocycles. The fraction of sp³-hybridized carbons (Fsp3) is 0.333. The molecule has 112 valence electrons. The molecular weight excluding hydrogens is 268 g/mol. The maximum absolute atomic E-state index is 8.90. The van der Waals surface area contributed by atoms with Crippen molar-refractivity contribution in [1.29, 1.82) is 0 Å². The lowest BCUT2D eigenvalue weighted by atomic mass is 10.1. The van der Waals surface area contributed by atoms with Crippen LogP contribution in [0, 0.1) is 0 Å². The molecule has 0 aliphatic rings. The van der Waals surface area contributed by atoms with E-state index in [4.69, 9.17) is 15.7 Å². The van der Waals surface area contributed by atoms with Crippen LogP contribution in [-0.4, -0.2) is 48.2 Å². The molecule has 6 heteroatoms. The van der Waals surface area contributed by atoms with Gasteiger partial charge in [-0.15, -0.1) is 0 Å². The van der Waals surface area contributed by atoms with Crippen molar-refractivity contribution in [3.8, 4) is 5.75 Å². The number of nitrogens with zero attached hydrogens (tertiary/aromatic N) is 3. The standard InChI is InChI=1S/C15H20N4O2/c1-19(2)8-5-9-21-14-11-6-3-4-7-13(11)17-10-12(14)15(16)18-20/h3-4,6-7,10,20H,5,8-9H2,1-2H3,(H2,16,18). The monoisotopic (exact) mass is 288 g/mol. The van der Waals surface area contributed by atoms with Crippen LogP contribution in [0.2, 0.25) is 0 Å². The molecule has 0 atom stereocenters. The van der Waals surface area contributed by atoms with Crippen LogP contribution in [0.15, 0.2) is 35.6 Å². The molecule has 0 amide bonds. The first-order chi connectivity index (χ1) is 10.1. The molecule has 0 aliphatic heterocycles. The number of nitrogens with two attached hydrogens (primary N) is 1. The van der Waals surface area contributed by atoms with Gasteiger partial charge >= 0.3 is 0 Å². The number of rotatable bonds is 6. The topological polar surface area (TPSA) is 84.0 Å². The van der Waals surface area contributed by atoms with E-state index in [9.17, 15) is 0 Å². The summed E-state index contributed by atoms with van der Waals surface area (Å²) in [6, 6.07) is 7.64. The van der Waals surface area contributed by atoms with Gasteiger partial charge in [-0.05, 0) is 32.6 Å². The van der Waals surface area contributed by atoms with Gasteiger partial charge in [-0.3, -0.25) is 4.98 Å². The minimum atomic E-state index is -0.00383. The SMILES string of the molecule is CN(C)CCCOc1c(/C(N)=N/O)cnc2ccccc12. The number of amidine groups is 1. The lowest BCUT2D eigenvalue weighted by Gasteiger charge is -2.14. The molecule has 0 saturated carbocycles. The third-order valence-corrected chi connectivity index (χ3v) is 3.11. The van der Waals surface area contributed by atoms with Gasteiger partial charge in [0.05, 0.1) is 17.7 Å². The molecule has 0 unspecified atom stereocenters. The second-order valence-electron chi connectivity index (χ2n) is 5.01. The van der Waals surface area contributed by atoms with Crippen molar-refractivity contribution in [1.82, 2.24) is 9.88 Å². The molecule has 0 bridgehead atoms. The smallest absolute Gasteiger partial charge is 0.175 e. The number of fused-ring (bicyclic) bond motifs is 1. The first kappa shape index (κ1) is 15.1. The number of oxime groups is 1. The second kappa shape index (κ2) is 6.90. The Balaban J connectivity index is 2.32. The summed E-state index contributed by atoms with van der Waals surface area (Å²) in [6.07, 6.45) is 2.46. The number of hydrogen-bond acceptors (Lipinski definition) is 5. The van der Waals surface area contributed by atoms with E-state index in [1.807, 2.05) is 38.4 Å². The highest BCUT2D eigenvalue weighted by atomic mass is 16.5. The summed E-state index contributed by atoms with van der Waals surface area (Å²) in [7, 11) is 4.04. The summed E-state index contributed by atoms with van der Waals surface area (Å²) in [4.78, 5) is 6.40. The minimum Gasteiger partial charge on any atom is -0.492 e. The van der Waals surface area contributed by atoms with Gasteiger partial charge in [0, 0.05) is 18.1 Å². The van der Waals surface area contributed by atoms with Crippen LogP contribution in [-0.2, 0) is 0 Å². The van der Waals surface area contributed by atoms with Crippen LogP contribution in [0.3, 0.4) is 0 Å². The molecule has 2 aromatic rings. The number of aromatic nitrogens is 1. The largest absolute Gasteiger partial charge is 0.492 e. The van der Waals surface area contributed by atoms with Gasteiger partial charge in [0.25, 0.3) is 0 Å². The van der Waals surface area contributed by atoms with Crippen LogP contribution >= 0.6 is 0 Å². The van der Waals surface area contributed by atoms with E-state index in [0.717, 1.165) is 23.9 Å². The summed E-state index contributed by atoms with van der Waals surface area (Å²) in [6.45, 7) is 1.49. The maximum atomic E-state index is 8.90. The number of para-hydroxylation sites is 1. The Labute approximate surface area is 123 Å². The second-order valence-corrected chi connectivity index (χ2v) is 5.01. The van der Waals surface area contributed by atoms with Crippen molar-refractivity contribution in [3.05, 3.63) is 36.0 Å². The minimum absolute atomic E-state index is 0.00383. The summed E-state index contributed by atoms with van der Waals surface area (Å²) < 4.78 is 5.89. The average Bonchev–Trinajstić information content (AvgIpc) is 2.50. The molecule has 0 fully saturated rings. The van der Waals surface area contributed by atoms with E-state index in [2.05, 4.69) is 15.0 Å². The van der Waals surface area contributed by atoms with Gasteiger partial charge in [-0.1, -0.05) is 17.3 Å². The van der Waals surface area contributed by atoms with Crippen molar-refractivity contribution in [2.24, 2.45) is 10.9 Å². The van der Waals surface area contributed by atoms with Gasteiger partial charge in [0.2, 0.25) is 0 Å². The number of hydrogen-bond donors (Lipinski definition) is 2. The van der Waals surface area contributed by atoms with Crippen molar-refractivity contribution in [3.63, 3.8) is 0 Å². The lowest BCUT2D eigenvalue weighted by molar-refractivity contribution is 0.283. The summed E-state index contributed by atoms with van der Waals surface area (Å²) in [5, 5.41) is 12.8. The predicted molar refractivity (Wildman–Crippen MR) is 82.9 cm³/mol. The number of benzene rings is 1. The zero-order chi connectivity index (χ0) is 15.2. The summed E-state index contributed by atoms with van der Waals surface area (Å²) >= 11 is 0. The van der Waals surface area contributed by atoms with E-state index in [1.165, 1.54) is 0 Å². The first-order valence-corrected chi connectivity index (χ1v) is 6.76. The van der Waals surface area contributed by atoms with E-state index >= 15 is 0 Å². The van der Waals surface area contributed by atoms with Crippen molar-refractivity contribution < 1.29 is 9.94 Å². The highest BCUT2D eigenvalue weighted by Crippen LogP contribution is 2.28. The molecule has 1 aromatic carbocycles. The molecular formula is C15H20N4O2.